The summed E-state index contributed by atoms with van der Waals surface area (Å²) in [6.45, 7) is 12.2. The van der Waals surface area contributed by atoms with Gasteiger partial charge in [0, 0.05) is 23.8 Å². The summed E-state index contributed by atoms with van der Waals surface area (Å²) in [5.41, 5.74) is 4.23. The van der Waals surface area contributed by atoms with Gasteiger partial charge in [-0.05, 0) is 87.4 Å². The van der Waals surface area contributed by atoms with Crippen molar-refractivity contribution >= 4 is 23.2 Å². The molecule has 0 radical (unpaired) electrons. The molecule has 0 spiro atoms. The molecule has 0 aromatic heterocycles. The van der Waals surface area contributed by atoms with Crippen LogP contribution in [0.2, 0.25) is 5.02 Å². The Hall–Kier alpha value is -2.20. The van der Waals surface area contributed by atoms with Gasteiger partial charge in [-0.2, -0.15) is 0 Å². The summed E-state index contributed by atoms with van der Waals surface area (Å²) in [7, 11) is 0. The average molecular weight is 429 g/mol. The topological polar surface area (TPSA) is 41.6 Å². The van der Waals surface area contributed by atoms with Gasteiger partial charge in [0.2, 0.25) is 0 Å². The Morgan fingerprint density at radius 3 is 2.23 bits per heavy atom. The van der Waals surface area contributed by atoms with Crippen molar-refractivity contribution in [2.75, 3.05) is 18.0 Å². The number of halogens is 1. The lowest BCUT2D eigenvalue weighted by molar-refractivity contribution is -0.127. The average Bonchev–Trinajstić information content (AvgIpc) is 2.72. The zero-order valence-electron chi connectivity index (χ0n) is 18.7. The van der Waals surface area contributed by atoms with Crippen molar-refractivity contribution in [2.24, 2.45) is 5.92 Å². The summed E-state index contributed by atoms with van der Waals surface area (Å²) in [6.07, 6.45) is 1.90. The molecule has 0 unspecified atom stereocenters. The minimum absolute atomic E-state index is 0.0901. The molecule has 0 saturated carbocycles. The summed E-state index contributed by atoms with van der Waals surface area (Å²) in [5.74, 6) is 1.34. The molecular formula is C25H33ClN2O2. The minimum Gasteiger partial charge on any atom is -0.481 e. The molecule has 1 saturated heterocycles. The summed E-state index contributed by atoms with van der Waals surface area (Å²) in [6, 6.07) is 12.2. The highest BCUT2D eigenvalue weighted by molar-refractivity contribution is 6.32. The lowest BCUT2D eigenvalue weighted by atomic mass is 9.98. The third-order valence-corrected chi connectivity index (χ3v) is 6.59. The van der Waals surface area contributed by atoms with E-state index >= 15 is 0 Å². The van der Waals surface area contributed by atoms with Gasteiger partial charge in [0.15, 0.2) is 6.10 Å². The minimum atomic E-state index is -0.595. The van der Waals surface area contributed by atoms with Crippen molar-refractivity contribution in [2.45, 2.75) is 59.6 Å². The van der Waals surface area contributed by atoms with Crippen LogP contribution in [0.4, 0.5) is 5.69 Å². The van der Waals surface area contributed by atoms with Gasteiger partial charge >= 0.3 is 0 Å². The maximum atomic E-state index is 12.6. The number of carbonyl (C=O) groups is 1. The van der Waals surface area contributed by atoms with Crippen molar-refractivity contribution in [1.82, 2.24) is 5.32 Å². The highest BCUT2D eigenvalue weighted by Crippen LogP contribution is 2.27. The van der Waals surface area contributed by atoms with Crippen molar-refractivity contribution in [1.29, 1.82) is 0 Å². The van der Waals surface area contributed by atoms with Gasteiger partial charge in [0.05, 0.1) is 6.04 Å². The zero-order valence-corrected chi connectivity index (χ0v) is 19.4. The number of piperidine rings is 1. The fraction of sp³-hybridized carbons (Fsp3) is 0.480. The molecule has 2 aromatic carbocycles. The third kappa shape index (κ3) is 5.48. The molecule has 4 nitrogen and oxygen atoms in total. The van der Waals surface area contributed by atoms with Gasteiger partial charge in [0.1, 0.15) is 5.75 Å². The predicted molar refractivity (Wildman–Crippen MR) is 125 cm³/mol. The quantitative estimate of drug-likeness (QED) is 0.628. The van der Waals surface area contributed by atoms with Crippen molar-refractivity contribution in [3.05, 3.63) is 58.1 Å². The Kier molecular flexibility index (Phi) is 7.30. The molecule has 1 N–H and O–H groups in total. The van der Waals surface area contributed by atoms with Crippen LogP contribution in [-0.2, 0) is 4.79 Å². The standard InChI is InChI=1S/C25H33ClN2O2/c1-16-10-12-28(13-11-16)22-8-6-21(7-9-22)19(4)27-25(29)20(5)30-23-14-17(2)24(26)18(3)15-23/h6-9,14-16,19-20H,10-13H2,1-5H3,(H,27,29)/t19-,20+/m1/s1. The van der Waals surface area contributed by atoms with E-state index in [1.165, 1.54) is 18.5 Å². The predicted octanol–water partition coefficient (Wildman–Crippen LogP) is 5.84. The number of amides is 1. The maximum absolute atomic E-state index is 12.6. The monoisotopic (exact) mass is 428 g/mol. The van der Waals surface area contributed by atoms with E-state index in [1.54, 1.807) is 6.92 Å². The molecule has 1 aliphatic rings. The molecule has 0 aliphatic carbocycles. The van der Waals surface area contributed by atoms with E-state index < -0.39 is 6.10 Å². The Morgan fingerprint density at radius 2 is 1.67 bits per heavy atom. The second-order valence-corrected chi connectivity index (χ2v) is 9.00. The number of anilines is 1. The smallest absolute Gasteiger partial charge is 0.261 e. The molecule has 1 fully saturated rings. The van der Waals surface area contributed by atoms with Gasteiger partial charge in [-0.15, -0.1) is 0 Å². The molecule has 30 heavy (non-hydrogen) atoms. The highest BCUT2D eigenvalue weighted by Gasteiger charge is 2.19. The van der Waals surface area contributed by atoms with Crippen molar-refractivity contribution < 1.29 is 9.53 Å². The molecule has 162 valence electrons. The zero-order chi connectivity index (χ0) is 21.8. The molecule has 1 amide bonds. The summed E-state index contributed by atoms with van der Waals surface area (Å²) < 4.78 is 5.86. The van der Waals surface area contributed by atoms with Crippen LogP contribution >= 0.6 is 11.6 Å². The molecule has 2 aromatic rings. The first kappa shape index (κ1) is 22.5. The van der Waals surface area contributed by atoms with Crippen LogP contribution in [0, 0.1) is 19.8 Å². The molecular weight excluding hydrogens is 396 g/mol. The van der Waals surface area contributed by atoms with Crippen molar-refractivity contribution in [3.8, 4) is 5.75 Å². The van der Waals surface area contributed by atoms with Crippen molar-refractivity contribution in [3.63, 3.8) is 0 Å². The van der Waals surface area contributed by atoms with E-state index in [9.17, 15) is 4.79 Å². The van der Waals surface area contributed by atoms with E-state index in [0.717, 1.165) is 40.7 Å². The number of aryl methyl sites for hydroxylation is 2. The van der Waals surface area contributed by atoms with E-state index in [2.05, 4.69) is 41.4 Å². The summed E-state index contributed by atoms with van der Waals surface area (Å²) in [4.78, 5) is 15.1. The van der Waals surface area contributed by atoms with Crippen LogP contribution in [0.3, 0.4) is 0 Å². The second kappa shape index (κ2) is 9.74. The number of nitrogens with one attached hydrogen (secondary N) is 1. The fourth-order valence-corrected chi connectivity index (χ4v) is 4.00. The number of benzene rings is 2. The first-order valence-electron chi connectivity index (χ1n) is 10.8. The number of nitrogens with zero attached hydrogens (tertiary/aromatic N) is 1. The van der Waals surface area contributed by atoms with Gasteiger partial charge in [-0.1, -0.05) is 30.7 Å². The van der Waals surface area contributed by atoms with E-state index in [4.69, 9.17) is 16.3 Å². The summed E-state index contributed by atoms with van der Waals surface area (Å²) >= 11 is 6.21. The highest BCUT2D eigenvalue weighted by atomic mass is 35.5. The summed E-state index contributed by atoms with van der Waals surface area (Å²) in [5, 5.41) is 3.79. The number of hydrogen-bond acceptors (Lipinski definition) is 3. The molecule has 1 heterocycles. The number of carbonyl (C=O) groups excluding carboxylic acids is 1. The number of ether oxygens (including phenoxy) is 1. The van der Waals surface area contributed by atoms with Crippen LogP contribution in [-0.4, -0.2) is 25.1 Å². The maximum Gasteiger partial charge on any atom is 0.261 e. The van der Waals surface area contributed by atoms with E-state index in [-0.39, 0.29) is 11.9 Å². The van der Waals surface area contributed by atoms with E-state index in [1.807, 2.05) is 32.9 Å². The second-order valence-electron chi connectivity index (χ2n) is 8.62. The van der Waals surface area contributed by atoms with Gasteiger partial charge in [0.25, 0.3) is 5.91 Å². The molecule has 3 rings (SSSR count). The Morgan fingerprint density at radius 1 is 1.10 bits per heavy atom. The fourth-order valence-electron chi connectivity index (χ4n) is 3.89. The lowest BCUT2D eigenvalue weighted by Crippen LogP contribution is -2.37. The normalized spacial score (nSPS) is 16.8. The van der Waals surface area contributed by atoms with Crippen LogP contribution in [0.15, 0.2) is 36.4 Å². The SMILES string of the molecule is Cc1cc(O[C@@H](C)C(=O)N[C@H](C)c2ccc(N3CCC(C)CC3)cc2)cc(C)c1Cl. The van der Waals surface area contributed by atoms with Crippen LogP contribution in [0.1, 0.15) is 56.3 Å². The van der Waals surface area contributed by atoms with Gasteiger partial charge in [-0.25, -0.2) is 0 Å². The molecule has 5 heteroatoms. The Bertz CT molecular complexity index is 850. The Balaban J connectivity index is 1.57. The Labute approximate surface area is 185 Å². The lowest BCUT2D eigenvalue weighted by Gasteiger charge is -2.32. The van der Waals surface area contributed by atoms with Crippen LogP contribution in [0.25, 0.3) is 0 Å². The first-order chi connectivity index (χ1) is 14.2. The van der Waals surface area contributed by atoms with Crippen LogP contribution < -0.4 is 15.0 Å². The largest absolute Gasteiger partial charge is 0.481 e. The third-order valence-electron chi connectivity index (χ3n) is 5.99. The van der Waals surface area contributed by atoms with Gasteiger partial charge in [-0.3, -0.25) is 4.79 Å². The molecule has 1 aliphatic heterocycles. The molecule has 2 atom stereocenters. The molecule has 0 bridgehead atoms. The number of hydrogen-bond donors (Lipinski definition) is 1. The first-order valence-corrected chi connectivity index (χ1v) is 11.2. The van der Waals surface area contributed by atoms with Gasteiger partial charge < -0.3 is 15.0 Å². The van der Waals surface area contributed by atoms with E-state index in [0.29, 0.717) is 5.75 Å². The number of rotatable bonds is 6. The van der Waals surface area contributed by atoms with Crippen LogP contribution in [0.5, 0.6) is 5.75 Å².